The Morgan fingerprint density at radius 3 is 2.83 bits per heavy atom. The molecule has 0 aliphatic heterocycles. The molecule has 0 atom stereocenters. The van der Waals surface area contributed by atoms with Crippen LogP contribution < -0.4 is 10.9 Å². The Kier molecular flexibility index (Phi) is 4.25. The van der Waals surface area contributed by atoms with Crippen LogP contribution in [0.25, 0.3) is 0 Å². The zero-order valence-corrected chi connectivity index (χ0v) is 9.97. The average molecular weight is 246 g/mol. The molecule has 0 radical (unpaired) electrons. The van der Waals surface area contributed by atoms with E-state index < -0.39 is 0 Å². The van der Waals surface area contributed by atoms with E-state index in [-0.39, 0.29) is 11.4 Å². The van der Waals surface area contributed by atoms with Crippen LogP contribution in [-0.4, -0.2) is 11.1 Å². The van der Waals surface area contributed by atoms with Crippen molar-refractivity contribution in [3.8, 4) is 0 Å². The van der Waals surface area contributed by atoms with Gasteiger partial charge in [0.25, 0.3) is 5.56 Å². The van der Waals surface area contributed by atoms with E-state index in [1.165, 1.54) is 18.2 Å². The molecule has 18 heavy (non-hydrogen) atoms. The molecule has 0 spiro atoms. The second kappa shape index (κ2) is 6.12. The van der Waals surface area contributed by atoms with E-state index in [0.29, 0.717) is 19.6 Å². The van der Waals surface area contributed by atoms with Gasteiger partial charge in [0.1, 0.15) is 5.82 Å². The molecule has 3 nitrogen and oxygen atoms in total. The Hall–Kier alpha value is -1.94. The molecule has 0 fully saturated rings. The van der Waals surface area contributed by atoms with Crippen LogP contribution in [0.1, 0.15) is 5.56 Å². The fourth-order valence-corrected chi connectivity index (χ4v) is 1.72. The number of benzene rings is 1. The molecule has 1 heterocycles. The van der Waals surface area contributed by atoms with Gasteiger partial charge >= 0.3 is 0 Å². The molecule has 0 aliphatic carbocycles. The summed E-state index contributed by atoms with van der Waals surface area (Å²) in [6.07, 6.45) is 1.76. The largest absolute Gasteiger partial charge is 0.314 e. The molecular weight excluding hydrogens is 231 g/mol. The van der Waals surface area contributed by atoms with Gasteiger partial charge in [-0.3, -0.25) is 4.79 Å². The van der Waals surface area contributed by atoms with Crippen molar-refractivity contribution in [2.75, 3.05) is 6.54 Å². The molecule has 0 bridgehead atoms. The summed E-state index contributed by atoms with van der Waals surface area (Å²) in [6.45, 7) is 1.87. The lowest BCUT2D eigenvalue weighted by Gasteiger charge is -2.07. The molecule has 4 heteroatoms. The second-order valence-corrected chi connectivity index (χ2v) is 4.04. The molecule has 0 saturated heterocycles. The zero-order valence-electron chi connectivity index (χ0n) is 9.97. The Labute approximate surface area is 105 Å². The quantitative estimate of drug-likeness (QED) is 0.816. The van der Waals surface area contributed by atoms with E-state index in [4.69, 9.17) is 0 Å². The van der Waals surface area contributed by atoms with Crippen molar-refractivity contribution < 1.29 is 4.39 Å². The maximum Gasteiger partial charge on any atom is 0.250 e. The first kappa shape index (κ1) is 12.5. The first-order valence-corrected chi connectivity index (χ1v) is 5.86. The monoisotopic (exact) mass is 246 g/mol. The minimum atomic E-state index is -0.228. The molecule has 2 rings (SSSR count). The Morgan fingerprint density at radius 1 is 1.17 bits per heavy atom. The fourth-order valence-electron chi connectivity index (χ4n) is 1.72. The lowest BCUT2D eigenvalue weighted by atomic mass is 10.2. The van der Waals surface area contributed by atoms with Crippen molar-refractivity contribution in [3.05, 3.63) is 70.4 Å². The predicted molar refractivity (Wildman–Crippen MR) is 68.8 cm³/mol. The summed E-state index contributed by atoms with van der Waals surface area (Å²) in [5.41, 5.74) is 0.889. The van der Waals surface area contributed by atoms with Crippen molar-refractivity contribution in [2.45, 2.75) is 13.1 Å². The van der Waals surface area contributed by atoms with Crippen LogP contribution in [0, 0.1) is 5.82 Å². The van der Waals surface area contributed by atoms with Crippen molar-refractivity contribution in [1.29, 1.82) is 0 Å². The molecule has 0 amide bonds. The lowest BCUT2D eigenvalue weighted by Crippen LogP contribution is -2.25. The summed E-state index contributed by atoms with van der Waals surface area (Å²) in [6, 6.07) is 11.6. The Bertz CT molecular complexity index is 565. The number of rotatable bonds is 5. The van der Waals surface area contributed by atoms with E-state index in [9.17, 15) is 9.18 Å². The van der Waals surface area contributed by atoms with Gasteiger partial charge in [-0.25, -0.2) is 4.39 Å². The highest BCUT2D eigenvalue weighted by atomic mass is 19.1. The number of nitrogens with one attached hydrogen (secondary N) is 1. The molecule has 2 aromatic rings. The Morgan fingerprint density at radius 2 is 2.06 bits per heavy atom. The third-order valence-electron chi connectivity index (χ3n) is 2.65. The van der Waals surface area contributed by atoms with Crippen molar-refractivity contribution in [2.24, 2.45) is 0 Å². The zero-order chi connectivity index (χ0) is 12.8. The molecule has 94 valence electrons. The van der Waals surface area contributed by atoms with Crippen LogP contribution in [0.2, 0.25) is 0 Å². The maximum absolute atomic E-state index is 12.9. The van der Waals surface area contributed by atoms with Gasteiger partial charge in [0.15, 0.2) is 0 Å². The number of pyridine rings is 1. The fraction of sp³-hybridized carbons (Fsp3) is 0.214. The van der Waals surface area contributed by atoms with E-state index in [0.717, 1.165) is 5.56 Å². The van der Waals surface area contributed by atoms with Crippen LogP contribution in [0.4, 0.5) is 4.39 Å². The number of nitrogens with zero attached hydrogens (tertiary/aromatic N) is 1. The van der Waals surface area contributed by atoms with Gasteiger partial charge in [0.2, 0.25) is 0 Å². The van der Waals surface area contributed by atoms with Gasteiger partial charge in [0, 0.05) is 31.9 Å². The van der Waals surface area contributed by atoms with Gasteiger partial charge < -0.3 is 9.88 Å². The standard InChI is InChI=1S/C14H15FN2O/c15-13-5-3-4-12(10-13)11-16-7-9-17-8-2-1-6-14(17)18/h1-6,8,10,16H,7,9,11H2. The van der Waals surface area contributed by atoms with E-state index in [2.05, 4.69) is 5.32 Å². The number of hydrogen-bond donors (Lipinski definition) is 1. The van der Waals surface area contributed by atoms with E-state index in [1.54, 1.807) is 22.9 Å². The molecular formula is C14H15FN2O. The third kappa shape index (κ3) is 3.53. The lowest BCUT2D eigenvalue weighted by molar-refractivity contribution is 0.581. The smallest absolute Gasteiger partial charge is 0.250 e. The highest BCUT2D eigenvalue weighted by molar-refractivity contribution is 5.15. The van der Waals surface area contributed by atoms with Crippen molar-refractivity contribution in [1.82, 2.24) is 9.88 Å². The second-order valence-electron chi connectivity index (χ2n) is 4.04. The minimum absolute atomic E-state index is 0.00921. The molecule has 1 aromatic carbocycles. The van der Waals surface area contributed by atoms with Crippen LogP contribution in [-0.2, 0) is 13.1 Å². The van der Waals surface area contributed by atoms with Crippen molar-refractivity contribution >= 4 is 0 Å². The molecule has 1 aromatic heterocycles. The van der Waals surface area contributed by atoms with Gasteiger partial charge in [0.05, 0.1) is 0 Å². The average Bonchev–Trinajstić information content (AvgIpc) is 2.37. The molecule has 1 N–H and O–H groups in total. The molecule has 0 saturated carbocycles. The van der Waals surface area contributed by atoms with Gasteiger partial charge in [-0.15, -0.1) is 0 Å². The van der Waals surface area contributed by atoms with Crippen LogP contribution in [0.3, 0.4) is 0 Å². The van der Waals surface area contributed by atoms with E-state index in [1.807, 2.05) is 12.1 Å². The first-order valence-electron chi connectivity index (χ1n) is 5.86. The van der Waals surface area contributed by atoms with Crippen molar-refractivity contribution in [3.63, 3.8) is 0 Å². The van der Waals surface area contributed by atoms with Gasteiger partial charge in [-0.2, -0.15) is 0 Å². The van der Waals surface area contributed by atoms with E-state index >= 15 is 0 Å². The topological polar surface area (TPSA) is 34.0 Å². The number of halogens is 1. The Balaban J connectivity index is 1.80. The third-order valence-corrected chi connectivity index (χ3v) is 2.65. The molecule has 0 unspecified atom stereocenters. The SMILES string of the molecule is O=c1ccccn1CCNCc1cccc(F)c1. The highest BCUT2D eigenvalue weighted by Gasteiger charge is 1.96. The molecule has 0 aliphatic rings. The maximum atomic E-state index is 12.9. The number of hydrogen-bond acceptors (Lipinski definition) is 2. The normalized spacial score (nSPS) is 10.5. The summed E-state index contributed by atoms with van der Waals surface area (Å²) in [5.74, 6) is -0.228. The highest BCUT2D eigenvalue weighted by Crippen LogP contribution is 2.02. The van der Waals surface area contributed by atoms with Crippen LogP contribution in [0.15, 0.2) is 53.5 Å². The van der Waals surface area contributed by atoms with Crippen LogP contribution in [0.5, 0.6) is 0 Å². The summed E-state index contributed by atoms with van der Waals surface area (Å²) in [5, 5.41) is 3.18. The number of aromatic nitrogens is 1. The predicted octanol–water partition coefficient (Wildman–Crippen LogP) is 1.78. The minimum Gasteiger partial charge on any atom is -0.314 e. The summed E-state index contributed by atoms with van der Waals surface area (Å²) < 4.78 is 14.6. The summed E-state index contributed by atoms with van der Waals surface area (Å²) >= 11 is 0. The van der Waals surface area contributed by atoms with Gasteiger partial charge in [-0.1, -0.05) is 18.2 Å². The van der Waals surface area contributed by atoms with Gasteiger partial charge in [-0.05, 0) is 23.8 Å². The summed E-state index contributed by atoms with van der Waals surface area (Å²) in [7, 11) is 0. The van der Waals surface area contributed by atoms with Crippen LogP contribution >= 0.6 is 0 Å². The first-order chi connectivity index (χ1) is 8.75. The summed E-state index contributed by atoms with van der Waals surface area (Å²) in [4.78, 5) is 11.4.